The molecule has 0 spiro atoms. The first kappa shape index (κ1) is 23.0. The summed E-state index contributed by atoms with van der Waals surface area (Å²) in [7, 11) is 0. The smallest absolute Gasteiger partial charge is 0.260 e. The number of benzene rings is 3. The number of aromatic nitrogens is 2. The molecule has 3 heterocycles. The van der Waals surface area contributed by atoms with Gasteiger partial charge in [0, 0.05) is 37.1 Å². The van der Waals surface area contributed by atoms with E-state index in [9.17, 15) is 14.4 Å². The van der Waals surface area contributed by atoms with E-state index in [-0.39, 0.29) is 17.7 Å². The SMILES string of the molecule is O=C(CCCN1C(=O)c2ccccc2N2C(=O)c3ccccc3C12)NCCCc1nc2ccccc2[nH]1. The van der Waals surface area contributed by atoms with E-state index in [0.29, 0.717) is 42.7 Å². The number of aryl methyl sites for hydroxylation is 1. The number of aromatic amines is 1. The van der Waals surface area contributed by atoms with Gasteiger partial charge in [-0.25, -0.2) is 4.98 Å². The van der Waals surface area contributed by atoms with Gasteiger partial charge in [-0.3, -0.25) is 19.3 Å². The Kier molecular flexibility index (Phi) is 5.92. The molecule has 2 aliphatic rings. The largest absolute Gasteiger partial charge is 0.356 e. The molecule has 1 atom stereocenters. The van der Waals surface area contributed by atoms with Crippen LogP contribution < -0.4 is 10.2 Å². The average Bonchev–Trinajstić information content (AvgIpc) is 3.47. The topological polar surface area (TPSA) is 98.4 Å². The van der Waals surface area contributed by atoms with Gasteiger partial charge in [0.05, 0.1) is 22.3 Å². The lowest BCUT2D eigenvalue weighted by Gasteiger charge is -2.41. The number of H-pyrrole nitrogens is 1. The van der Waals surface area contributed by atoms with Crippen LogP contribution in [0.1, 0.15) is 57.5 Å². The predicted molar refractivity (Wildman–Crippen MR) is 140 cm³/mol. The van der Waals surface area contributed by atoms with Gasteiger partial charge in [-0.1, -0.05) is 42.5 Å². The van der Waals surface area contributed by atoms with Crippen LogP contribution in [0.2, 0.25) is 0 Å². The summed E-state index contributed by atoms with van der Waals surface area (Å²) in [6.07, 6.45) is 1.85. The lowest BCUT2D eigenvalue weighted by atomic mass is 10.0. The summed E-state index contributed by atoms with van der Waals surface area (Å²) in [5.41, 5.74) is 4.55. The van der Waals surface area contributed by atoms with Crippen LogP contribution in [0, 0.1) is 0 Å². The Hall–Kier alpha value is -4.46. The Balaban J connectivity index is 1.06. The highest BCUT2D eigenvalue weighted by molar-refractivity contribution is 6.16. The number of hydrogen-bond donors (Lipinski definition) is 2. The van der Waals surface area contributed by atoms with E-state index in [1.807, 2.05) is 60.7 Å². The van der Waals surface area contributed by atoms with Gasteiger partial charge in [-0.2, -0.15) is 0 Å². The first-order valence-corrected chi connectivity index (χ1v) is 12.6. The van der Waals surface area contributed by atoms with Crippen molar-refractivity contribution in [2.75, 3.05) is 18.0 Å². The highest BCUT2D eigenvalue weighted by Gasteiger charge is 2.47. The van der Waals surface area contributed by atoms with Gasteiger partial charge < -0.3 is 15.2 Å². The van der Waals surface area contributed by atoms with Gasteiger partial charge in [0.1, 0.15) is 12.0 Å². The van der Waals surface area contributed by atoms with E-state index in [1.54, 1.807) is 21.9 Å². The summed E-state index contributed by atoms with van der Waals surface area (Å²) < 4.78 is 0. The summed E-state index contributed by atoms with van der Waals surface area (Å²) in [5, 5.41) is 2.97. The van der Waals surface area contributed by atoms with Crippen LogP contribution in [0.3, 0.4) is 0 Å². The molecule has 8 heteroatoms. The van der Waals surface area contributed by atoms with Crippen molar-refractivity contribution >= 4 is 34.4 Å². The average molecular weight is 494 g/mol. The van der Waals surface area contributed by atoms with E-state index >= 15 is 0 Å². The van der Waals surface area contributed by atoms with Crippen molar-refractivity contribution < 1.29 is 14.4 Å². The van der Waals surface area contributed by atoms with Crippen molar-refractivity contribution in [1.82, 2.24) is 20.2 Å². The highest BCUT2D eigenvalue weighted by atomic mass is 16.2. The molecule has 0 radical (unpaired) electrons. The third-order valence-corrected chi connectivity index (χ3v) is 7.04. The maximum absolute atomic E-state index is 13.4. The highest BCUT2D eigenvalue weighted by Crippen LogP contribution is 2.45. The van der Waals surface area contributed by atoms with Crippen molar-refractivity contribution in [3.63, 3.8) is 0 Å². The number of amides is 3. The molecule has 2 aliphatic heterocycles. The van der Waals surface area contributed by atoms with Gasteiger partial charge in [0.2, 0.25) is 5.91 Å². The summed E-state index contributed by atoms with van der Waals surface area (Å²) >= 11 is 0. The number of anilines is 1. The molecule has 0 bridgehead atoms. The zero-order valence-electron chi connectivity index (χ0n) is 20.3. The molecule has 2 N–H and O–H groups in total. The molecule has 1 aromatic heterocycles. The third kappa shape index (κ3) is 4.14. The van der Waals surface area contributed by atoms with Crippen LogP contribution in [0.25, 0.3) is 11.0 Å². The second kappa shape index (κ2) is 9.54. The third-order valence-electron chi connectivity index (χ3n) is 7.04. The standard InChI is InChI=1S/C29H27N5O3/c35-26(30-17-7-15-25-31-22-12-4-5-13-23(22)32-25)16-8-18-33-27-19-9-1-2-10-20(19)29(37)34(27)24-14-6-3-11-21(24)28(33)36/h1-6,9-14,27H,7-8,15-18H2,(H,30,35)(H,31,32). The molecule has 186 valence electrons. The Morgan fingerprint density at radius 2 is 1.65 bits per heavy atom. The Labute approximate surface area is 214 Å². The molecule has 1 unspecified atom stereocenters. The molecule has 4 aromatic rings. The number of fused-ring (bicyclic) bond motifs is 6. The second-order valence-electron chi connectivity index (χ2n) is 9.41. The van der Waals surface area contributed by atoms with E-state index in [1.165, 1.54) is 0 Å². The first-order valence-electron chi connectivity index (χ1n) is 12.6. The maximum atomic E-state index is 13.4. The Bertz CT molecular complexity index is 1480. The van der Waals surface area contributed by atoms with E-state index in [2.05, 4.69) is 15.3 Å². The minimum atomic E-state index is -0.488. The van der Waals surface area contributed by atoms with Crippen LogP contribution >= 0.6 is 0 Å². The fourth-order valence-electron chi connectivity index (χ4n) is 5.31. The lowest BCUT2D eigenvalue weighted by Crippen LogP contribution is -2.48. The number of para-hydroxylation sites is 3. The molecule has 0 fully saturated rings. The zero-order chi connectivity index (χ0) is 25.4. The maximum Gasteiger partial charge on any atom is 0.260 e. The summed E-state index contributed by atoms with van der Waals surface area (Å²) in [5.74, 6) is 0.643. The number of nitrogens with zero attached hydrogens (tertiary/aromatic N) is 3. The van der Waals surface area contributed by atoms with Crippen LogP contribution in [0.4, 0.5) is 5.69 Å². The molecule has 8 nitrogen and oxygen atoms in total. The summed E-state index contributed by atoms with van der Waals surface area (Å²) in [4.78, 5) is 50.5. The van der Waals surface area contributed by atoms with E-state index in [0.717, 1.165) is 35.3 Å². The number of carbonyl (C=O) groups is 3. The van der Waals surface area contributed by atoms with Crippen molar-refractivity contribution in [2.24, 2.45) is 0 Å². The Morgan fingerprint density at radius 3 is 2.51 bits per heavy atom. The quantitative estimate of drug-likeness (QED) is 0.359. The lowest BCUT2D eigenvalue weighted by molar-refractivity contribution is -0.121. The molecule has 0 saturated carbocycles. The van der Waals surface area contributed by atoms with Crippen molar-refractivity contribution in [3.05, 3.63) is 95.3 Å². The number of imidazole rings is 1. The van der Waals surface area contributed by atoms with Crippen LogP contribution in [-0.4, -0.2) is 45.7 Å². The zero-order valence-corrected chi connectivity index (χ0v) is 20.3. The van der Waals surface area contributed by atoms with E-state index in [4.69, 9.17) is 0 Å². The molecule has 3 amide bonds. The van der Waals surface area contributed by atoms with Crippen molar-refractivity contribution in [3.8, 4) is 0 Å². The number of rotatable bonds is 8. The molecule has 0 saturated heterocycles. The predicted octanol–water partition coefficient (Wildman–Crippen LogP) is 4.21. The minimum Gasteiger partial charge on any atom is -0.356 e. The summed E-state index contributed by atoms with van der Waals surface area (Å²) in [6, 6.07) is 22.6. The van der Waals surface area contributed by atoms with Crippen LogP contribution in [-0.2, 0) is 11.2 Å². The molecular formula is C29H27N5O3. The van der Waals surface area contributed by atoms with Gasteiger partial charge in [0.25, 0.3) is 11.8 Å². The first-order chi connectivity index (χ1) is 18.1. The number of nitrogens with one attached hydrogen (secondary N) is 2. The fraction of sp³-hybridized carbons (Fsp3) is 0.241. The molecule has 3 aromatic carbocycles. The van der Waals surface area contributed by atoms with Gasteiger partial charge in [-0.05, 0) is 43.2 Å². The number of hydrogen-bond acceptors (Lipinski definition) is 4. The molecule has 0 aliphatic carbocycles. The van der Waals surface area contributed by atoms with Crippen LogP contribution in [0.15, 0.2) is 72.8 Å². The minimum absolute atomic E-state index is 0.0470. The normalized spacial score (nSPS) is 16.1. The second-order valence-corrected chi connectivity index (χ2v) is 9.41. The monoisotopic (exact) mass is 493 g/mol. The fourth-order valence-corrected chi connectivity index (χ4v) is 5.31. The molecule has 6 rings (SSSR count). The Morgan fingerprint density at radius 1 is 0.892 bits per heavy atom. The summed E-state index contributed by atoms with van der Waals surface area (Å²) in [6.45, 7) is 0.937. The van der Waals surface area contributed by atoms with Crippen LogP contribution in [0.5, 0.6) is 0 Å². The van der Waals surface area contributed by atoms with Gasteiger partial charge in [-0.15, -0.1) is 0 Å². The van der Waals surface area contributed by atoms with Gasteiger partial charge >= 0.3 is 0 Å². The van der Waals surface area contributed by atoms with Crippen molar-refractivity contribution in [1.29, 1.82) is 0 Å². The molecule has 37 heavy (non-hydrogen) atoms. The number of carbonyl (C=O) groups excluding carboxylic acids is 3. The van der Waals surface area contributed by atoms with Crippen molar-refractivity contribution in [2.45, 2.75) is 31.8 Å². The molecular weight excluding hydrogens is 466 g/mol. The van der Waals surface area contributed by atoms with Gasteiger partial charge in [0.15, 0.2) is 0 Å². The van der Waals surface area contributed by atoms with E-state index < -0.39 is 6.17 Å².